The molecular formula is C27H31N7O2S. The van der Waals surface area contributed by atoms with Gasteiger partial charge in [-0.05, 0) is 55.3 Å². The number of aryl methyl sites for hydroxylation is 1. The topological polar surface area (TPSA) is 97.7 Å². The highest BCUT2D eigenvalue weighted by Crippen LogP contribution is 2.30. The number of benzene rings is 1. The Morgan fingerprint density at radius 3 is 2.65 bits per heavy atom. The minimum absolute atomic E-state index is 0.589. The SMILES string of the molecule is Cc1ccc(N(C)c2ccc3nc(Nc4cc(CCN5CCN(C(O)C=O)CC5)ccn4)sc3n2)cc1. The van der Waals surface area contributed by atoms with Gasteiger partial charge in [-0.2, -0.15) is 0 Å². The number of pyridine rings is 2. The van der Waals surface area contributed by atoms with Crippen LogP contribution in [0.5, 0.6) is 0 Å². The van der Waals surface area contributed by atoms with Gasteiger partial charge in [0.1, 0.15) is 22.0 Å². The number of rotatable bonds is 9. The highest BCUT2D eigenvalue weighted by Gasteiger charge is 2.21. The molecule has 1 saturated heterocycles. The van der Waals surface area contributed by atoms with Crippen LogP contribution in [0.15, 0.2) is 54.7 Å². The summed E-state index contributed by atoms with van der Waals surface area (Å²) in [6.45, 7) is 6.05. The lowest BCUT2D eigenvalue weighted by atomic mass is 10.1. The summed E-state index contributed by atoms with van der Waals surface area (Å²) in [7, 11) is 2.02. The molecule has 37 heavy (non-hydrogen) atoms. The first kappa shape index (κ1) is 25.2. The van der Waals surface area contributed by atoms with Crippen molar-refractivity contribution in [1.29, 1.82) is 0 Å². The molecule has 1 fully saturated rings. The average Bonchev–Trinajstić information content (AvgIpc) is 3.33. The molecule has 0 amide bonds. The Kier molecular flexibility index (Phi) is 7.71. The van der Waals surface area contributed by atoms with Crippen LogP contribution in [-0.4, -0.2) is 82.1 Å². The van der Waals surface area contributed by atoms with Crippen molar-refractivity contribution in [2.75, 3.05) is 50.0 Å². The summed E-state index contributed by atoms with van der Waals surface area (Å²) in [5, 5.41) is 13.8. The van der Waals surface area contributed by atoms with Crippen molar-refractivity contribution in [1.82, 2.24) is 24.8 Å². The van der Waals surface area contributed by atoms with Crippen molar-refractivity contribution < 1.29 is 9.90 Å². The summed E-state index contributed by atoms with van der Waals surface area (Å²) in [6.07, 6.45) is 2.31. The van der Waals surface area contributed by atoms with Crippen molar-refractivity contribution in [3.63, 3.8) is 0 Å². The molecule has 4 aromatic rings. The Hall–Kier alpha value is -3.44. The predicted molar refractivity (Wildman–Crippen MR) is 148 cm³/mol. The highest BCUT2D eigenvalue weighted by atomic mass is 32.1. The van der Waals surface area contributed by atoms with E-state index < -0.39 is 6.23 Å². The molecule has 3 aromatic heterocycles. The van der Waals surface area contributed by atoms with Gasteiger partial charge in [-0.25, -0.2) is 15.0 Å². The first-order valence-electron chi connectivity index (χ1n) is 12.4. The van der Waals surface area contributed by atoms with Crippen molar-refractivity contribution in [2.45, 2.75) is 19.6 Å². The van der Waals surface area contributed by atoms with Crippen molar-refractivity contribution in [3.8, 4) is 0 Å². The monoisotopic (exact) mass is 517 g/mol. The van der Waals surface area contributed by atoms with Crippen molar-refractivity contribution >= 4 is 50.4 Å². The maximum atomic E-state index is 10.8. The van der Waals surface area contributed by atoms with Crippen LogP contribution in [0.4, 0.5) is 22.5 Å². The second-order valence-corrected chi connectivity index (χ2v) is 10.2. The smallest absolute Gasteiger partial charge is 0.190 e. The Morgan fingerprint density at radius 2 is 1.89 bits per heavy atom. The van der Waals surface area contributed by atoms with Gasteiger partial charge >= 0.3 is 0 Å². The van der Waals surface area contributed by atoms with E-state index >= 15 is 0 Å². The van der Waals surface area contributed by atoms with Crippen molar-refractivity contribution in [3.05, 3.63) is 65.9 Å². The first-order valence-corrected chi connectivity index (χ1v) is 13.2. The fourth-order valence-electron chi connectivity index (χ4n) is 4.38. The molecule has 0 saturated carbocycles. The van der Waals surface area contributed by atoms with Gasteiger partial charge in [-0.15, -0.1) is 0 Å². The average molecular weight is 518 g/mol. The number of fused-ring (bicyclic) bond motifs is 1. The van der Waals surface area contributed by atoms with Crippen LogP contribution in [0, 0.1) is 6.92 Å². The third kappa shape index (κ3) is 6.11. The molecular weight excluding hydrogens is 486 g/mol. The minimum Gasteiger partial charge on any atom is -0.371 e. The number of carbonyl (C=O) groups excluding carboxylic acids is 1. The van der Waals surface area contributed by atoms with Gasteiger partial charge in [-0.3, -0.25) is 9.69 Å². The van der Waals surface area contributed by atoms with Crippen LogP contribution in [0.1, 0.15) is 11.1 Å². The Morgan fingerprint density at radius 1 is 1.11 bits per heavy atom. The molecule has 1 aliphatic heterocycles. The lowest BCUT2D eigenvalue weighted by Crippen LogP contribution is -2.51. The second kappa shape index (κ2) is 11.3. The van der Waals surface area contributed by atoms with E-state index in [2.05, 4.69) is 57.4 Å². The Labute approximate surface area is 220 Å². The molecule has 0 spiro atoms. The molecule has 1 aliphatic rings. The Bertz CT molecular complexity index is 1350. The molecule has 192 valence electrons. The number of nitrogens with one attached hydrogen (secondary N) is 1. The lowest BCUT2D eigenvalue weighted by molar-refractivity contribution is -0.125. The zero-order valence-electron chi connectivity index (χ0n) is 21.0. The number of anilines is 4. The van der Waals surface area contributed by atoms with Gasteiger partial charge in [-0.1, -0.05) is 29.0 Å². The van der Waals surface area contributed by atoms with Crippen LogP contribution in [-0.2, 0) is 11.2 Å². The van der Waals surface area contributed by atoms with Gasteiger partial charge in [0, 0.05) is 51.7 Å². The molecule has 4 heterocycles. The van der Waals surface area contributed by atoms with E-state index in [1.165, 1.54) is 22.5 Å². The van der Waals surface area contributed by atoms with Crippen molar-refractivity contribution in [2.24, 2.45) is 0 Å². The lowest BCUT2D eigenvalue weighted by Gasteiger charge is -2.35. The third-order valence-electron chi connectivity index (χ3n) is 6.68. The number of aliphatic hydroxyl groups excluding tert-OH is 1. The normalized spacial score (nSPS) is 15.5. The van der Waals surface area contributed by atoms with E-state index in [1.807, 2.05) is 31.4 Å². The maximum absolute atomic E-state index is 10.8. The van der Waals surface area contributed by atoms with Crippen LogP contribution in [0.25, 0.3) is 10.3 Å². The molecule has 0 radical (unpaired) electrons. The number of hydrogen-bond donors (Lipinski definition) is 2. The number of thiazole rings is 1. The number of nitrogens with zero attached hydrogens (tertiary/aromatic N) is 6. The van der Waals surface area contributed by atoms with E-state index in [-0.39, 0.29) is 0 Å². The van der Waals surface area contributed by atoms with Crippen LogP contribution in [0.2, 0.25) is 0 Å². The summed E-state index contributed by atoms with van der Waals surface area (Å²) in [4.78, 5) is 31.9. The van der Waals surface area contributed by atoms with E-state index in [1.54, 1.807) is 4.90 Å². The van der Waals surface area contributed by atoms with E-state index in [9.17, 15) is 9.90 Å². The summed E-state index contributed by atoms with van der Waals surface area (Å²) in [6, 6.07) is 16.5. The fourth-order valence-corrected chi connectivity index (χ4v) is 5.22. The minimum atomic E-state index is -0.991. The maximum Gasteiger partial charge on any atom is 0.190 e. The fraction of sp³-hybridized carbons (Fsp3) is 0.333. The molecule has 1 atom stereocenters. The van der Waals surface area contributed by atoms with Gasteiger partial charge in [0.15, 0.2) is 17.6 Å². The molecule has 2 N–H and O–H groups in total. The molecule has 5 rings (SSSR count). The number of aldehydes is 1. The summed E-state index contributed by atoms with van der Waals surface area (Å²) in [5.74, 6) is 1.63. The number of aliphatic hydroxyl groups is 1. The molecule has 1 aromatic carbocycles. The van der Waals surface area contributed by atoms with Crippen LogP contribution >= 0.6 is 11.3 Å². The van der Waals surface area contributed by atoms with E-state index in [0.29, 0.717) is 19.4 Å². The molecule has 0 aliphatic carbocycles. The molecule has 10 heteroatoms. The summed E-state index contributed by atoms with van der Waals surface area (Å²) < 4.78 is 0. The third-order valence-corrected chi connectivity index (χ3v) is 7.56. The summed E-state index contributed by atoms with van der Waals surface area (Å²) >= 11 is 1.51. The quantitative estimate of drug-likeness (QED) is 0.323. The van der Waals surface area contributed by atoms with Gasteiger partial charge in [0.05, 0.1) is 0 Å². The largest absolute Gasteiger partial charge is 0.371 e. The number of hydrogen-bond acceptors (Lipinski definition) is 10. The molecule has 0 bridgehead atoms. The highest BCUT2D eigenvalue weighted by molar-refractivity contribution is 7.21. The zero-order chi connectivity index (χ0) is 25.8. The zero-order valence-corrected chi connectivity index (χ0v) is 21.9. The van der Waals surface area contributed by atoms with Gasteiger partial charge in [0.25, 0.3) is 0 Å². The second-order valence-electron chi connectivity index (χ2n) is 9.26. The van der Waals surface area contributed by atoms with E-state index in [0.717, 1.165) is 58.9 Å². The summed E-state index contributed by atoms with van der Waals surface area (Å²) in [5.41, 5.74) is 4.35. The standard InChI is InChI=1S/C27H31N7O2S/c1-19-3-5-21(6-4-19)32(2)24-8-7-22-26(31-24)37-27(29-22)30-23-17-20(9-11-28-23)10-12-33-13-15-34(16-14-33)25(36)18-35/h3-9,11,17-18,25,36H,10,12-16H2,1-2H3,(H,28,29,30). The number of aromatic nitrogens is 3. The number of carbonyl (C=O) groups is 1. The molecule has 9 nitrogen and oxygen atoms in total. The van der Waals surface area contributed by atoms with E-state index in [4.69, 9.17) is 9.97 Å². The predicted octanol–water partition coefficient (Wildman–Crippen LogP) is 3.58. The first-order chi connectivity index (χ1) is 18.0. The van der Waals surface area contributed by atoms with Crippen LogP contribution in [0.3, 0.4) is 0 Å². The van der Waals surface area contributed by atoms with Gasteiger partial charge < -0.3 is 20.2 Å². The van der Waals surface area contributed by atoms with Gasteiger partial charge in [0.2, 0.25) is 0 Å². The number of piperazine rings is 1. The molecule has 1 unspecified atom stereocenters. The Balaban J connectivity index is 1.20. The van der Waals surface area contributed by atoms with Crippen LogP contribution < -0.4 is 10.2 Å².